The Morgan fingerprint density at radius 1 is 1.21 bits per heavy atom. The molecule has 3 heterocycles. The number of ether oxygens (including phenoxy) is 1. The van der Waals surface area contributed by atoms with Crippen molar-refractivity contribution in [1.82, 2.24) is 4.90 Å². The number of carbonyl (C=O) groups excluding carboxylic acids is 1. The predicted molar refractivity (Wildman–Crippen MR) is 93.3 cm³/mol. The van der Waals surface area contributed by atoms with Crippen LogP contribution < -0.4 is 0 Å². The van der Waals surface area contributed by atoms with E-state index < -0.39 is 11.6 Å². The van der Waals surface area contributed by atoms with E-state index in [1.54, 1.807) is 0 Å². The lowest BCUT2D eigenvalue weighted by molar-refractivity contribution is -0.180. The number of hydrogen-bond donors (Lipinski definition) is 1. The summed E-state index contributed by atoms with van der Waals surface area (Å²) in [6.07, 6.45) is 8.82. The first-order valence-electron chi connectivity index (χ1n) is 9.79. The van der Waals surface area contributed by atoms with E-state index in [-0.39, 0.29) is 12.0 Å². The molecule has 3 saturated heterocycles. The van der Waals surface area contributed by atoms with Gasteiger partial charge in [-0.1, -0.05) is 38.0 Å². The lowest BCUT2D eigenvalue weighted by Gasteiger charge is -2.45. The second-order valence-electron chi connectivity index (χ2n) is 7.73. The summed E-state index contributed by atoms with van der Waals surface area (Å²) in [4.78, 5) is 15.3. The monoisotopic (exact) mass is 333 g/mol. The molecule has 4 fully saturated rings. The third-order valence-electron chi connectivity index (χ3n) is 6.02. The van der Waals surface area contributed by atoms with Gasteiger partial charge in [-0.25, -0.2) is 4.79 Å². The zero-order chi connectivity index (χ0) is 17.0. The molecular weight excluding hydrogens is 302 g/mol. The van der Waals surface area contributed by atoms with Crippen LogP contribution in [0.3, 0.4) is 0 Å². The van der Waals surface area contributed by atoms with Crippen LogP contribution in [-0.2, 0) is 9.53 Å². The van der Waals surface area contributed by atoms with Crippen molar-refractivity contribution in [3.05, 3.63) is 0 Å². The topological polar surface area (TPSA) is 49.8 Å². The van der Waals surface area contributed by atoms with Crippen LogP contribution in [0.2, 0.25) is 0 Å². The fourth-order valence-electron chi connectivity index (χ4n) is 4.43. The highest BCUT2D eigenvalue weighted by Crippen LogP contribution is 2.35. The number of hydrogen-bond acceptors (Lipinski definition) is 4. The molecule has 4 heteroatoms. The van der Waals surface area contributed by atoms with E-state index in [0.29, 0.717) is 12.3 Å². The first kappa shape index (κ1) is 17.8. The Bertz CT molecular complexity index is 495. The molecule has 3 aliphatic heterocycles. The van der Waals surface area contributed by atoms with E-state index in [9.17, 15) is 9.90 Å². The molecule has 0 radical (unpaired) electrons. The molecule has 0 unspecified atom stereocenters. The fraction of sp³-hybridized carbons (Fsp3) is 0.850. The summed E-state index contributed by atoms with van der Waals surface area (Å²) in [7, 11) is 0. The second-order valence-corrected chi connectivity index (χ2v) is 7.73. The Kier molecular flexibility index (Phi) is 5.84. The standard InChI is InChI=1S/C20H31NO3/c1-2-3-7-12-20(23,17-8-5-4-6-9-17)19(22)24-18-15-21-13-10-16(18)11-14-21/h16-18,23H,2-6,8-11,13-15H2,1H3/t18-,20+/m0/s1. The number of carbonyl (C=O) groups is 1. The van der Waals surface area contributed by atoms with Gasteiger partial charge in [0.15, 0.2) is 0 Å². The van der Waals surface area contributed by atoms with Gasteiger partial charge in [-0.3, -0.25) is 4.90 Å². The highest BCUT2D eigenvalue weighted by molar-refractivity contribution is 5.84. The Hall–Kier alpha value is -1.05. The van der Waals surface area contributed by atoms with Crippen LogP contribution in [-0.4, -0.2) is 47.3 Å². The van der Waals surface area contributed by atoms with Gasteiger partial charge < -0.3 is 9.84 Å². The van der Waals surface area contributed by atoms with Gasteiger partial charge in [-0.05, 0) is 51.1 Å². The molecule has 4 nitrogen and oxygen atoms in total. The molecule has 2 bridgehead atoms. The van der Waals surface area contributed by atoms with Crippen molar-refractivity contribution in [1.29, 1.82) is 0 Å². The van der Waals surface area contributed by atoms with Crippen molar-refractivity contribution in [3.8, 4) is 11.8 Å². The van der Waals surface area contributed by atoms with E-state index in [4.69, 9.17) is 4.74 Å². The van der Waals surface area contributed by atoms with Crippen LogP contribution >= 0.6 is 0 Å². The third kappa shape index (κ3) is 3.78. The maximum Gasteiger partial charge on any atom is 0.351 e. The normalized spacial score (nSPS) is 32.5. The molecule has 1 aliphatic carbocycles. The maximum atomic E-state index is 12.9. The minimum atomic E-state index is -1.61. The highest BCUT2D eigenvalue weighted by atomic mass is 16.6. The largest absolute Gasteiger partial charge is 0.458 e. The molecule has 0 spiro atoms. The van der Waals surface area contributed by atoms with Crippen LogP contribution in [0.15, 0.2) is 0 Å². The van der Waals surface area contributed by atoms with Crippen molar-refractivity contribution in [2.45, 2.75) is 76.4 Å². The van der Waals surface area contributed by atoms with Crippen molar-refractivity contribution in [2.24, 2.45) is 11.8 Å². The first-order valence-corrected chi connectivity index (χ1v) is 9.79. The Morgan fingerprint density at radius 3 is 2.50 bits per heavy atom. The fourth-order valence-corrected chi connectivity index (χ4v) is 4.43. The number of rotatable bonds is 4. The smallest absolute Gasteiger partial charge is 0.351 e. The minimum Gasteiger partial charge on any atom is -0.458 e. The number of aliphatic hydroxyl groups is 1. The first-order chi connectivity index (χ1) is 11.6. The van der Waals surface area contributed by atoms with Crippen LogP contribution in [0, 0.1) is 23.7 Å². The van der Waals surface area contributed by atoms with Crippen LogP contribution in [0.1, 0.15) is 64.7 Å². The molecule has 134 valence electrons. The summed E-state index contributed by atoms with van der Waals surface area (Å²) < 4.78 is 5.84. The van der Waals surface area contributed by atoms with Gasteiger partial charge >= 0.3 is 5.97 Å². The zero-order valence-corrected chi connectivity index (χ0v) is 14.9. The van der Waals surface area contributed by atoms with Crippen LogP contribution in [0.5, 0.6) is 0 Å². The summed E-state index contributed by atoms with van der Waals surface area (Å²) in [6.45, 7) is 5.10. The van der Waals surface area contributed by atoms with E-state index in [2.05, 4.69) is 23.7 Å². The molecule has 4 aliphatic rings. The number of piperidine rings is 3. The molecular formula is C20H31NO3. The maximum absolute atomic E-state index is 12.9. The lowest BCUT2D eigenvalue weighted by Crippen LogP contribution is -2.55. The molecule has 2 atom stereocenters. The van der Waals surface area contributed by atoms with Crippen molar-refractivity contribution >= 4 is 5.97 Å². The van der Waals surface area contributed by atoms with E-state index in [0.717, 1.165) is 64.6 Å². The summed E-state index contributed by atoms with van der Waals surface area (Å²) >= 11 is 0. The molecule has 0 aromatic carbocycles. The Morgan fingerprint density at radius 2 is 1.92 bits per heavy atom. The van der Waals surface area contributed by atoms with Gasteiger partial charge in [0, 0.05) is 18.9 Å². The second kappa shape index (κ2) is 7.89. The quantitative estimate of drug-likeness (QED) is 0.635. The summed E-state index contributed by atoms with van der Waals surface area (Å²) in [6, 6.07) is 0. The molecule has 4 rings (SSSR count). The summed E-state index contributed by atoms with van der Waals surface area (Å²) in [5.74, 6) is 5.82. The van der Waals surface area contributed by atoms with E-state index in [1.807, 2.05) is 0 Å². The number of esters is 1. The zero-order valence-electron chi connectivity index (χ0n) is 14.9. The van der Waals surface area contributed by atoms with Crippen LogP contribution in [0.4, 0.5) is 0 Å². The molecule has 0 aromatic rings. The highest BCUT2D eigenvalue weighted by Gasteiger charge is 2.47. The predicted octanol–water partition coefficient (Wildman–Crippen LogP) is 2.74. The van der Waals surface area contributed by atoms with E-state index in [1.165, 1.54) is 6.42 Å². The van der Waals surface area contributed by atoms with Crippen molar-refractivity contribution < 1.29 is 14.6 Å². The van der Waals surface area contributed by atoms with Gasteiger partial charge in [0.25, 0.3) is 0 Å². The van der Waals surface area contributed by atoms with E-state index >= 15 is 0 Å². The van der Waals surface area contributed by atoms with Gasteiger partial charge in [0.2, 0.25) is 5.60 Å². The molecule has 0 amide bonds. The molecule has 24 heavy (non-hydrogen) atoms. The molecule has 1 N–H and O–H groups in total. The Balaban J connectivity index is 1.71. The van der Waals surface area contributed by atoms with Gasteiger partial charge in [-0.15, -0.1) is 0 Å². The molecule has 1 saturated carbocycles. The molecule has 0 aromatic heterocycles. The number of fused-ring (bicyclic) bond motifs is 3. The lowest BCUT2D eigenvalue weighted by atomic mass is 9.77. The van der Waals surface area contributed by atoms with Gasteiger partial charge in [-0.2, -0.15) is 0 Å². The van der Waals surface area contributed by atoms with Crippen LogP contribution in [0.25, 0.3) is 0 Å². The Labute approximate surface area is 145 Å². The average Bonchev–Trinajstić information content (AvgIpc) is 2.63. The van der Waals surface area contributed by atoms with Crippen molar-refractivity contribution in [2.75, 3.05) is 19.6 Å². The third-order valence-corrected chi connectivity index (χ3v) is 6.02. The SMILES string of the molecule is CCCC#C[C@](O)(C(=O)O[C@H]1CN2CCC1CC2)C1CCCCC1. The summed E-state index contributed by atoms with van der Waals surface area (Å²) in [5.41, 5.74) is -1.61. The summed E-state index contributed by atoms with van der Waals surface area (Å²) in [5, 5.41) is 11.2. The number of nitrogens with zero attached hydrogens (tertiary/aromatic N) is 1. The minimum absolute atomic E-state index is 0.0666. The average molecular weight is 333 g/mol. The van der Waals surface area contributed by atoms with Gasteiger partial charge in [0.05, 0.1) is 0 Å². The van der Waals surface area contributed by atoms with Crippen molar-refractivity contribution in [3.63, 3.8) is 0 Å². The number of unbranched alkanes of at least 4 members (excludes halogenated alkanes) is 1. The van der Waals surface area contributed by atoms with Gasteiger partial charge in [0.1, 0.15) is 6.10 Å².